The average Bonchev–Trinajstić information content (AvgIpc) is 2.95. The molecule has 0 unspecified atom stereocenters. The highest BCUT2D eigenvalue weighted by Gasteiger charge is 2.15. The van der Waals surface area contributed by atoms with Crippen LogP contribution >= 0.6 is 0 Å². The Labute approximate surface area is 143 Å². The van der Waals surface area contributed by atoms with Gasteiger partial charge < -0.3 is 9.47 Å². The van der Waals surface area contributed by atoms with Gasteiger partial charge in [-0.25, -0.2) is 8.42 Å². The van der Waals surface area contributed by atoms with Crippen LogP contribution in [-0.2, 0) is 23.1 Å². The molecular weight excluding hydrogens is 326 g/mol. The van der Waals surface area contributed by atoms with Gasteiger partial charge in [0.2, 0.25) is 10.0 Å². The van der Waals surface area contributed by atoms with Gasteiger partial charge in [0.25, 0.3) is 5.91 Å². The minimum Gasteiger partial charge on any atom is -0.354 e. The van der Waals surface area contributed by atoms with Crippen LogP contribution in [0.2, 0.25) is 0 Å². The molecule has 0 spiro atoms. The highest BCUT2D eigenvalue weighted by Crippen LogP contribution is 2.19. The summed E-state index contributed by atoms with van der Waals surface area (Å²) in [5.74, 6) is -0.157. The number of hydrogen-bond donors (Lipinski definition) is 1. The number of amides is 1. The summed E-state index contributed by atoms with van der Waals surface area (Å²) in [6, 6.07) is 7.01. The van der Waals surface area contributed by atoms with Gasteiger partial charge in [0.15, 0.2) is 0 Å². The van der Waals surface area contributed by atoms with Crippen LogP contribution in [0, 0.1) is 6.92 Å². The number of aromatic nitrogens is 1. The van der Waals surface area contributed by atoms with E-state index < -0.39 is 10.0 Å². The molecule has 1 N–H and O–H groups in total. The Balaban J connectivity index is 2.17. The fraction of sp³-hybridized carbons (Fsp3) is 0.353. The zero-order chi connectivity index (χ0) is 17.9. The second-order valence-corrected chi connectivity index (χ2v) is 7.66. The first-order valence-electron chi connectivity index (χ1n) is 7.68. The summed E-state index contributed by atoms with van der Waals surface area (Å²) < 4.78 is 27.4. The fourth-order valence-corrected chi connectivity index (χ4v) is 3.03. The minimum atomic E-state index is -3.39. The predicted molar refractivity (Wildman–Crippen MR) is 95.5 cm³/mol. The zero-order valence-electron chi connectivity index (χ0n) is 14.4. The Morgan fingerprint density at radius 1 is 1.29 bits per heavy atom. The van der Waals surface area contributed by atoms with Crippen molar-refractivity contribution in [3.63, 3.8) is 0 Å². The minimum absolute atomic E-state index is 0.157. The van der Waals surface area contributed by atoms with E-state index in [1.807, 2.05) is 23.0 Å². The maximum absolute atomic E-state index is 12.6. The topological polar surface area (TPSA) is 71.4 Å². The quantitative estimate of drug-likeness (QED) is 0.871. The van der Waals surface area contributed by atoms with Crippen molar-refractivity contribution >= 4 is 21.6 Å². The molecule has 0 atom stereocenters. The standard InChI is InChI=1S/C17H23N3O3S/c1-5-20-9-8-14(12-20)11-19(3)17(21)15-7-6-13(2)16(10-15)18-24(4,22)23/h6-10,12,18H,5,11H2,1-4H3. The van der Waals surface area contributed by atoms with E-state index in [1.54, 1.807) is 37.1 Å². The Morgan fingerprint density at radius 3 is 2.58 bits per heavy atom. The smallest absolute Gasteiger partial charge is 0.253 e. The summed E-state index contributed by atoms with van der Waals surface area (Å²) in [5.41, 5.74) is 2.69. The lowest BCUT2D eigenvalue weighted by atomic mass is 10.1. The van der Waals surface area contributed by atoms with Crippen molar-refractivity contribution in [1.82, 2.24) is 9.47 Å². The van der Waals surface area contributed by atoms with Gasteiger partial charge >= 0.3 is 0 Å². The number of rotatable bonds is 6. The molecule has 130 valence electrons. The second kappa shape index (κ2) is 7.09. The first-order valence-corrected chi connectivity index (χ1v) is 9.57. The first kappa shape index (κ1) is 18.1. The van der Waals surface area contributed by atoms with Gasteiger partial charge in [0.1, 0.15) is 0 Å². The highest BCUT2D eigenvalue weighted by atomic mass is 32.2. The van der Waals surface area contributed by atoms with E-state index in [0.29, 0.717) is 17.8 Å². The molecule has 0 aliphatic heterocycles. The number of benzene rings is 1. The van der Waals surface area contributed by atoms with Crippen LogP contribution in [0.1, 0.15) is 28.4 Å². The van der Waals surface area contributed by atoms with Crippen LogP contribution in [0.15, 0.2) is 36.7 Å². The van der Waals surface area contributed by atoms with Gasteiger partial charge in [-0.05, 0) is 43.2 Å². The molecule has 7 heteroatoms. The van der Waals surface area contributed by atoms with Crippen molar-refractivity contribution in [2.24, 2.45) is 0 Å². The molecule has 1 aromatic carbocycles. The van der Waals surface area contributed by atoms with E-state index in [-0.39, 0.29) is 5.91 Å². The number of carbonyl (C=O) groups excluding carboxylic acids is 1. The summed E-state index contributed by atoms with van der Waals surface area (Å²) >= 11 is 0. The SMILES string of the molecule is CCn1ccc(CN(C)C(=O)c2ccc(C)c(NS(C)(=O)=O)c2)c1. The van der Waals surface area contributed by atoms with E-state index in [9.17, 15) is 13.2 Å². The molecule has 0 bridgehead atoms. The molecule has 6 nitrogen and oxygen atoms in total. The third-order valence-electron chi connectivity index (χ3n) is 3.72. The molecule has 24 heavy (non-hydrogen) atoms. The summed E-state index contributed by atoms with van der Waals surface area (Å²) in [5, 5.41) is 0. The number of sulfonamides is 1. The molecule has 2 aromatic rings. The summed E-state index contributed by atoms with van der Waals surface area (Å²) in [6.07, 6.45) is 5.08. The van der Waals surface area contributed by atoms with Gasteiger partial charge in [0, 0.05) is 38.1 Å². The molecule has 0 aliphatic rings. The first-order chi connectivity index (χ1) is 11.2. The van der Waals surface area contributed by atoms with Crippen LogP contribution in [0.25, 0.3) is 0 Å². The Hall–Kier alpha value is -2.28. The fourth-order valence-electron chi connectivity index (χ4n) is 2.41. The Kier molecular flexibility index (Phi) is 5.33. The molecule has 0 radical (unpaired) electrons. The lowest BCUT2D eigenvalue weighted by molar-refractivity contribution is 0.0785. The average molecular weight is 349 g/mol. The van der Waals surface area contributed by atoms with E-state index in [1.165, 1.54) is 0 Å². The summed E-state index contributed by atoms with van der Waals surface area (Å²) in [7, 11) is -1.66. The highest BCUT2D eigenvalue weighted by molar-refractivity contribution is 7.92. The largest absolute Gasteiger partial charge is 0.354 e. The Morgan fingerprint density at radius 2 is 2.00 bits per heavy atom. The molecule has 0 fully saturated rings. The number of carbonyl (C=O) groups is 1. The van der Waals surface area contributed by atoms with E-state index >= 15 is 0 Å². The number of nitrogens with one attached hydrogen (secondary N) is 1. The zero-order valence-corrected chi connectivity index (χ0v) is 15.2. The number of nitrogens with zero attached hydrogens (tertiary/aromatic N) is 2. The van der Waals surface area contributed by atoms with E-state index in [4.69, 9.17) is 0 Å². The summed E-state index contributed by atoms with van der Waals surface area (Å²) in [6.45, 7) is 5.23. The Bertz CT molecular complexity index is 841. The normalized spacial score (nSPS) is 11.3. The summed E-state index contributed by atoms with van der Waals surface area (Å²) in [4.78, 5) is 14.2. The molecule has 0 saturated carbocycles. The lowest BCUT2D eigenvalue weighted by Crippen LogP contribution is -2.26. The van der Waals surface area contributed by atoms with Crippen LogP contribution in [0.5, 0.6) is 0 Å². The lowest BCUT2D eigenvalue weighted by Gasteiger charge is -2.18. The molecule has 1 aromatic heterocycles. The van der Waals surface area contributed by atoms with Crippen molar-refractivity contribution in [3.8, 4) is 0 Å². The van der Waals surface area contributed by atoms with Gasteiger partial charge in [-0.2, -0.15) is 0 Å². The number of aryl methyl sites for hydroxylation is 2. The van der Waals surface area contributed by atoms with Gasteiger partial charge in [-0.15, -0.1) is 0 Å². The predicted octanol–water partition coefficient (Wildman–Crippen LogP) is 2.46. The van der Waals surface area contributed by atoms with Gasteiger partial charge in [-0.3, -0.25) is 9.52 Å². The van der Waals surface area contributed by atoms with Gasteiger partial charge in [-0.1, -0.05) is 6.07 Å². The maximum Gasteiger partial charge on any atom is 0.253 e. The van der Waals surface area contributed by atoms with Crippen LogP contribution in [0.3, 0.4) is 0 Å². The number of anilines is 1. The molecular formula is C17H23N3O3S. The van der Waals surface area contributed by atoms with E-state index in [2.05, 4.69) is 11.6 Å². The van der Waals surface area contributed by atoms with Crippen LogP contribution < -0.4 is 4.72 Å². The van der Waals surface area contributed by atoms with Crippen LogP contribution in [-0.4, -0.2) is 37.1 Å². The van der Waals surface area contributed by atoms with Crippen molar-refractivity contribution in [3.05, 3.63) is 53.3 Å². The van der Waals surface area contributed by atoms with Crippen molar-refractivity contribution in [2.45, 2.75) is 26.9 Å². The molecule has 0 aliphatic carbocycles. The molecule has 1 heterocycles. The third kappa shape index (κ3) is 4.61. The molecule has 2 rings (SSSR count). The van der Waals surface area contributed by atoms with Crippen molar-refractivity contribution < 1.29 is 13.2 Å². The van der Waals surface area contributed by atoms with Crippen molar-refractivity contribution in [2.75, 3.05) is 18.0 Å². The van der Waals surface area contributed by atoms with Gasteiger partial charge in [0.05, 0.1) is 11.9 Å². The third-order valence-corrected chi connectivity index (χ3v) is 4.31. The molecule has 1 amide bonds. The second-order valence-electron chi connectivity index (χ2n) is 5.92. The van der Waals surface area contributed by atoms with Crippen LogP contribution in [0.4, 0.5) is 5.69 Å². The van der Waals surface area contributed by atoms with Crippen molar-refractivity contribution in [1.29, 1.82) is 0 Å². The monoisotopic (exact) mass is 349 g/mol. The molecule has 0 saturated heterocycles. The van der Waals surface area contributed by atoms with E-state index in [0.717, 1.165) is 23.9 Å². The number of hydrogen-bond acceptors (Lipinski definition) is 3. The maximum atomic E-state index is 12.6.